The lowest BCUT2D eigenvalue weighted by molar-refractivity contribution is 0.0697. The normalized spacial score (nSPS) is 18.3. The van der Waals surface area contributed by atoms with Crippen molar-refractivity contribution in [2.75, 3.05) is 27.2 Å². The highest BCUT2D eigenvalue weighted by Gasteiger charge is 2.30. The molecule has 1 aliphatic rings. The molecule has 1 atom stereocenters. The van der Waals surface area contributed by atoms with E-state index in [0.29, 0.717) is 30.8 Å². The van der Waals surface area contributed by atoms with E-state index < -0.39 is 16.2 Å². The Balaban J connectivity index is 1.69. The third-order valence-electron chi connectivity index (χ3n) is 4.88. The van der Waals surface area contributed by atoms with Crippen molar-refractivity contribution >= 4 is 16.2 Å². The number of aromatic nitrogens is 2. The van der Waals surface area contributed by atoms with Gasteiger partial charge in [0.15, 0.2) is 0 Å². The Labute approximate surface area is 165 Å². The summed E-state index contributed by atoms with van der Waals surface area (Å²) < 4.78 is 27.5. The molecule has 0 amide bonds. The van der Waals surface area contributed by atoms with Gasteiger partial charge in [-0.25, -0.2) is 4.79 Å². The first-order valence-electron chi connectivity index (χ1n) is 9.09. The Kier molecular flexibility index (Phi) is 6.07. The lowest BCUT2D eigenvalue weighted by Crippen LogP contribution is -2.45. The molecule has 0 spiro atoms. The molecule has 1 aromatic carbocycles. The molecule has 1 aromatic heterocycles. The highest BCUT2D eigenvalue weighted by molar-refractivity contribution is 7.86. The molecular weight excluding hydrogens is 380 g/mol. The van der Waals surface area contributed by atoms with Crippen LogP contribution in [0.5, 0.6) is 0 Å². The van der Waals surface area contributed by atoms with E-state index in [0.717, 1.165) is 18.5 Å². The molecule has 1 fully saturated rings. The Morgan fingerprint density at radius 2 is 2.07 bits per heavy atom. The number of benzene rings is 1. The Morgan fingerprint density at radius 1 is 1.29 bits per heavy atom. The van der Waals surface area contributed by atoms with Gasteiger partial charge in [-0.2, -0.15) is 17.0 Å². The van der Waals surface area contributed by atoms with Crippen LogP contribution < -0.4 is 0 Å². The van der Waals surface area contributed by atoms with Crippen LogP contribution >= 0.6 is 0 Å². The minimum Gasteiger partial charge on any atom is -0.478 e. The first-order valence-corrected chi connectivity index (χ1v) is 10.5. The molecule has 8 nitrogen and oxygen atoms in total. The zero-order valence-electron chi connectivity index (χ0n) is 15.9. The Bertz CT molecular complexity index is 945. The van der Waals surface area contributed by atoms with Crippen LogP contribution in [-0.2, 0) is 16.6 Å². The maximum atomic E-state index is 12.3. The number of carbonyl (C=O) groups is 1. The number of rotatable bonds is 6. The van der Waals surface area contributed by atoms with Gasteiger partial charge in [-0.3, -0.25) is 9.97 Å². The van der Waals surface area contributed by atoms with Crippen molar-refractivity contribution < 1.29 is 18.3 Å². The second-order valence-corrected chi connectivity index (χ2v) is 9.28. The first kappa shape index (κ1) is 20.4. The lowest BCUT2D eigenvalue weighted by Gasteiger charge is -2.33. The van der Waals surface area contributed by atoms with Gasteiger partial charge in [0.1, 0.15) is 0 Å². The van der Waals surface area contributed by atoms with Crippen molar-refractivity contribution in [1.82, 2.24) is 18.6 Å². The molecule has 1 saturated heterocycles. The van der Waals surface area contributed by atoms with Crippen LogP contribution in [0, 0.1) is 5.92 Å². The number of carboxylic acids is 1. The van der Waals surface area contributed by atoms with Crippen molar-refractivity contribution in [3.63, 3.8) is 0 Å². The van der Waals surface area contributed by atoms with Crippen LogP contribution in [-0.4, -0.2) is 65.3 Å². The predicted molar refractivity (Wildman–Crippen MR) is 105 cm³/mol. The summed E-state index contributed by atoms with van der Waals surface area (Å²) in [7, 11) is -0.308. The fourth-order valence-corrected chi connectivity index (χ4v) is 4.57. The summed E-state index contributed by atoms with van der Waals surface area (Å²) in [6, 6.07) is 6.57. The number of hydrogen-bond acceptors (Lipinski definition) is 5. The van der Waals surface area contributed by atoms with Gasteiger partial charge in [0.05, 0.1) is 23.1 Å². The first-order chi connectivity index (χ1) is 13.3. The molecule has 0 aliphatic carbocycles. The highest BCUT2D eigenvalue weighted by atomic mass is 32.2. The smallest absolute Gasteiger partial charge is 0.335 e. The maximum absolute atomic E-state index is 12.3. The zero-order valence-corrected chi connectivity index (χ0v) is 16.8. The zero-order chi connectivity index (χ0) is 20.3. The van der Waals surface area contributed by atoms with E-state index in [1.807, 2.05) is 0 Å². The van der Waals surface area contributed by atoms with Gasteiger partial charge in [-0.15, -0.1) is 0 Å². The molecule has 1 N–H and O–H groups in total. The van der Waals surface area contributed by atoms with E-state index in [2.05, 4.69) is 9.97 Å². The van der Waals surface area contributed by atoms with E-state index in [1.165, 1.54) is 14.7 Å². The minimum absolute atomic E-state index is 0.193. The molecule has 0 bridgehead atoms. The van der Waals surface area contributed by atoms with Gasteiger partial charge in [-0.1, -0.05) is 12.1 Å². The fraction of sp³-hybridized carbons (Fsp3) is 0.421. The van der Waals surface area contributed by atoms with Gasteiger partial charge >= 0.3 is 5.97 Å². The molecule has 0 radical (unpaired) electrons. The van der Waals surface area contributed by atoms with Gasteiger partial charge in [0, 0.05) is 38.9 Å². The quantitative estimate of drug-likeness (QED) is 0.789. The summed E-state index contributed by atoms with van der Waals surface area (Å²) in [6.45, 7) is 1.02. The lowest BCUT2D eigenvalue weighted by atomic mass is 9.95. The maximum Gasteiger partial charge on any atom is 0.335 e. The Hall–Kier alpha value is -2.36. The minimum atomic E-state index is -3.40. The fourth-order valence-electron chi connectivity index (χ4n) is 3.35. The summed E-state index contributed by atoms with van der Waals surface area (Å²) in [5.41, 5.74) is 2.30. The van der Waals surface area contributed by atoms with Crippen LogP contribution in [0.4, 0.5) is 0 Å². The molecule has 150 valence electrons. The average molecular weight is 404 g/mol. The molecule has 1 aliphatic heterocycles. The average Bonchev–Trinajstić information content (AvgIpc) is 2.69. The van der Waals surface area contributed by atoms with Gasteiger partial charge in [0.25, 0.3) is 10.2 Å². The van der Waals surface area contributed by atoms with E-state index in [9.17, 15) is 13.2 Å². The molecule has 1 unspecified atom stereocenters. The van der Waals surface area contributed by atoms with Crippen LogP contribution in [0.25, 0.3) is 11.3 Å². The van der Waals surface area contributed by atoms with Crippen LogP contribution in [0.3, 0.4) is 0 Å². The van der Waals surface area contributed by atoms with Crippen molar-refractivity contribution in [1.29, 1.82) is 0 Å². The summed E-state index contributed by atoms with van der Waals surface area (Å²) >= 11 is 0. The van der Waals surface area contributed by atoms with Crippen LogP contribution in [0.1, 0.15) is 28.9 Å². The van der Waals surface area contributed by atoms with Gasteiger partial charge < -0.3 is 5.11 Å². The third kappa shape index (κ3) is 4.54. The van der Waals surface area contributed by atoms with Crippen molar-refractivity contribution in [2.45, 2.75) is 19.3 Å². The van der Waals surface area contributed by atoms with E-state index in [4.69, 9.17) is 5.11 Å². The number of nitrogens with zero attached hydrogens (tertiary/aromatic N) is 4. The number of carboxylic acid groups (broad SMARTS) is 1. The number of hydrogen-bond donors (Lipinski definition) is 1. The monoisotopic (exact) mass is 404 g/mol. The van der Waals surface area contributed by atoms with Crippen molar-refractivity contribution in [3.8, 4) is 11.3 Å². The molecule has 2 heterocycles. The molecular formula is C19H24N4O4S. The van der Waals surface area contributed by atoms with E-state index in [1.54, 1.807) is 44.7 Å². The molecule has 0 saturated carbocycles. The molecule has 3 rings (SSSR count). The van der Waals surface area contributed by atoms with Crippen LogP contribution in [0.2, 0.25) is 0 Å². The topological polar surface area (TPSA) is 104 Å². The van der Waals surface area contributed by atoms with Gasteiger partial charge in [0.2, 0.25) is 0 Å². The summed E-state index contributed by atoms with van der Waals surface area (Å²) in [5, 5.41) is 9.11. The highest BCUT2D eigenvalue weighted by Crippen LogP contribution is 2.24. The predicted octanol–water partition coefficient (Wildman–Crippen LogP) is 1.90. The van der Waals surface area contributed by atoms with Crippen molar-refractivity contribution in [2.24, 2.45) is 5.92 Å². The Morgan fingerprint density at radius 3 is 2.71 bits per heavy atom. The second-order valence-electron chi connectivity index (χ2n) is 7.14. The molecule has 9 heteroatoms. The SMILES string of the molecule is CN(C)S(=O)(=O)N1CCCC(Cc2cnc(-c3cccc(C(=O)O)c3)cn2)C1. The van der Waals surface area contributed by atoms with Crippen LogP contribution in [0.15, 0.2) is 36.7 Å². The van der Waals surface area contributed by atoms with E-state index in [-0.39, 0.29) is 11.5 Å². The summed E-state index contributed by atoms with van der Waals surface area (Å²) in [5.74, 6) is -0.792. The number of piperidine rings is 1. The largest absolute Gasteiger partial charge is 0.478 e. The second kappa shape index (κ2) is 8.34. The van der Waals surface area contributed by atoms with Gasteiger partial charge in [-0.05, 0) is 37.3 Å². The van der Waals surface area contributed by atoms with Crippen molar-refractivity contribution in [3.05, 3.63) is 47.9 Å². The number of aromatic carboxylic acids is 1. The third-order valence-corrected chi connectivity index (χ3v) is 6.78. The summed E-state index contributed by atoms with van der Waals surface area (Å²) in [4.78, 5) is 20.0. The standard InChI is InChI=1S/C19H24N4O4S/c1-22(2)28(26,27)23-8-4-5-14(13-23)9-17-11-21-18(12-20-17)15-6-3-7-16(10-15)19(24)25/h3,6-7,10-12,14H,4-5,8-9,13H2,1-2H3,(H,24,25). The van der Waals surface area contributed by atoms with E-state index >= 15 is 0 Å². The molecule has 2 aromatic rings. The molecule has 28 heavy (non-hydrogen) atoms. The summed E-state index contributed by atoms with van der Waals surface area (Å²) in [6.07, 6.45) is 5.74.